The summed E-state index contributed by atoms with van der Waals surface area (Å²) < 4.78 is 30.8. The second-order valence-electron chi connectivity index (χ2n) is 6.05. The van der Waals surface area contributed by atoms with Gasteiger partial charge in [0.2, 0.25) is 0 Å². The quantitative estimate of drug-likeness (QED) is 0.608. The summed E-state index contributed by atoms with van der Waals surface area (Å²) in [6.45, 7) is 0.343. The lowest BCUT2D eigenvalue weighted by atomic mass is 10.00. The molecule has 4 nitrogen and oxygen atoms in total. The van der Waals surface area contributed by atoms with Crippen molar-refractivity contribution in [3.8, 4) is 0 Å². The Morgan fingerprint density at radius 2 is 1.96 bits per heavy atom. The fourth-order valence-corrected chi connectivity index (χ4v) is 3.75. The second-order valence-corrected chi connectivity index (χ2v) is 6.97. The predicted octanol–water partition coefficient (Wildman–Crippen LogP) is 4.21. The number of rotatable bonds is 1. The number of aryl methyl sites for hydroxylation is 1. The summed E-state index contributed by atoms with van der Waals surface area (Å²) in [6.07, 6.45) is 1.00. The molecular weight excluding hydrogens is 392 g/mol. The summed E-state index contributed by atoms with van der Waals surface area (Å²) in [4.78, 5) is 14.5. The minimum atomic E-state index is -0.585. The molecule has 128 valence electrons. The van der Waals surface area contributed by atoms with Gasteiger partial charge in [-0.25, -0.2) is 8.78 Å². The van der Waals surface area contributed by atoms with E-state index in [1.165, 1.54) is 9.58 Å². The molecule has 0 saturated heterocycles. The molecule has 2 heterocycles. The molecule has 0 spiro atoms. The highest BCUT2D eigenvalue weighted by Gasteiger charge is 2.31. The summed E-state index contributed by atoms with van der Waals surface area (Å²) in [7, 11) is 1.67. The molecule has 0 saturated carbocycles. The van der Waals surface area contributed by atoms with Gasteiger partial charge in [0, 0.05) is 29.0 Å². The van der Waals surface area contributed by atoms with E-state index in [1.54, 1.807) is 13.1 Å². The highest BCUT2D eigenvalue weighted by Crippen LogP contribution is 2.34. The van der Waals surface area contributed by atoms with E-state index < -0.39 is 11.6 Å². The Balaban J connectivity index is 1.87. The van der Waals surface area contributed by atoms with Gasteiger partial charge in [-0.1, -0.05) is 15.9 Å². The Kier molecular flexibility index (Phi) is 3.83. The van der Waals surface area contributed by atoms with Crippen LogP contribution in [0.4, 0.5) is 14.5 Å². The van der Waals surface area contributed by atoms with E-state index in [4.69, 9.17) is 0 Å². The molecule has 7 heteroatoms. The van der Waals surface area contributed by atoms with Gasteiger partial charge in [0.25, 0.3) is 5.91 Å². The van der Waals surface area contributed by atoms with Gasteiger partial charge in [0.15, 0.2) is 0 Å². The van der Waals surface area contributed by atoms with Crippen molar-refractivity contribution in [2.75, 3.05) is 11.4 Å². The average Bonchev–Trinajstić information content (AvgIpc) is 2.92. The van der Waals surface area contributed by atoms with Crippen molar-refractivity contribution in [3.05, 3.63) is 57.7 Å². The van der Waals surface area contributed by atoms with E-state index in [0.29, 0.717) is 36.0 Å². The van der Waals surface area contributed by atoms with Crippen molar-refractivity contribution in [3.63, 3.8) is 0 Å². The number of halogens is 3. The topological polar surface area (TPSA) is 38.1 Å². The van der Waals surface area contributed by atoms with Crippen molar-refractivity contribution in [1.82, 2.24) is 9.78 Å². The Labute approximate surface area is 151 Å². The molecular formula is C18H14BrF2N3O. The maximum Gasteiger partial charge on any atom is 0.277 e. The third kappa shape index (κ3) is 2.54. The number of benzene rings is 2. The number of anilines is 1. The van der Waals surface area contributed by atoms with Gasteiger partial charge < -0.3 is 4.90 Å². The summed E-state index contributed by atoms with van der Waals surface area (Å²) in [5.74, 6) is -1.44. The van der Waals surface area contributed by atoms with Crippen LogP contribution in [0, 0.1) is 11.6 Å². The van der Waals surface area contributed by atoms with Gasteiger partial charge in [-0.3, -0.25) is 9.48 Å². The van der Waals surface area contributed by atoms with Crippen LogP contribution >= 0.6 is 15.9 Å². The van der Waals surface area contributed by atoms with E-state index >= 15 is 0 Å². The number of carbonyl (C=O) groups excluding carboxylic acids is 1. The van der Waals surface area contributed by atoms with Gasteiger partial charge >= 0.3 is 0 Å². The molecule has 0 N–H and O–H groups in total. The van der Waals surface area contributed by atoms with Crippen LogP contribution in [-0.4, -0.2) is 22.2 Å². The number of amides is 1. The van der Waals surface area contributed by atoms with Gasteiger partial charge in [0.05, 0.1) is 11.2 Å². The van der Waals surface area contributed by atoms with Crippen molar-refractivity contribution in [2.45, 2.75) is 12.8 Å². The van der Waals surface area contributed by atoms with Crippen LogP contribution in [0.15, 0.2) is 34.8 Å². The average molecular weight is 406 g/mol. The van der Waals surface area contributed by atoms with E-state index in [2.05, 4.69) is 21.0 Å². The lowest BCUT2D eigenvalue weighted by Crippen LogP contribution is -2.37. The van der Waals surface area contributed by atoms with Crippen molar-refractivity contribution < 1.29 is 13.6 Å². The van der Waals surface area contributed by atoms with Crippen LogP contribution in [0.1, 0.15) is 22.5 Å². The number of hydrogen-bond acceptors (Lipinski definition) is 2. The smallest absolute Gasteiger partial charge is 0.277 e. The monoisotopic (exact) mass is 405 g/mol. The molecule has 4 rings (SSSR count). The summed E-state index contributed by atoms with van der Waals surface area (Å²) >= 11 is 3.38. The molecule has 1 aromatic heterocycles. The first-order valence-electron chi connectivity index (χ1n) is 7.88. The van der Waals surface area contributed by atoms with Crippen molar-refractivity contribution in [1.29, 1.82) is 0 Å². The number of fused-ring (bicyclic) bond motifs is 2. The zero-order valence-electron chi connectivity index (χ0n) is 13.4. The van der Waals surface area contributed by atoms with E-state index in [0.717, 1.165) is 16.6 Å². The molecule has 3 aromatic rings. The lowest BCUT2D eigenvalue weighted by molar-refractivity contribution is 0.0976. The third-order valence-electron chi connectivity index (χ3n) is 4.50. The predicted molar refractivity (Wildman–Crippen MR) is 94.8 cm³/mol. The summed E-state index contributed by atoms with van der Waals surface area (Å²) in [6, 6.07) is 7.62. The summed E-state index contributed by atoms with van der Waals surface area (Å²) in [5, 5.41) is 5.04. The van der Waals surface area contributed by atoms with Gasteiger partial charge in [-0.15, -0.1) is 0 Å². The Morgan fingerprint density at radius 1 is 1.20 bits per heavy atom. The molecule has 0 fully saturated rings. The zero-order valence-corrected chi connectivity index (χ0v) is 15.0. The Bertz CT molecular complexity index is 1020. The van der Waals surface area contributed by atoms with Crippen LogP contribution < -0.4 is 4.90 Å². The normalized spacial score (nSPS) is 14.0. The highest BCUT2D eigenvalue weighted by atomic mass is 79.9. The van der Waals surface area contributed by atoms with Crippen LogP contribution in [0.2, 0.25) is 0 Å². The third-order valence-corrected chi connectivity index (χ3v) is 4.99. The first-order chi connectivity index (χ1) is 12.0. The fourth-order valence-electron chi connectivity index (χ4n) is 3.40. The van der Waals surface area contributed by atoms with Crippen molar-refractivity contribution >= 4 is 38.4 Å². The molecule has 0 bridgehead atoms. The second kappa shape index (κ2) is 5.91. The van der Waals surface area contributed by atoms with Crippen LogP contribution in [-0.2, 0) is 13.5 Å². The minimum absolute atomic E-state index is 0.0442. The number of nitrogens with zero attached hydrogens (tertiary/aromatic N) is 3. The molecule has 1 aliphatic heterocycles. The zero-order chi connectivity index (χ0) is 17.7. The Hall–Kier alpha value is -2.28. The maximum absolute atomic E-state index is 14.4. The number of carbonyl (C=O) groups is 1. The fraction of sp³-hybridized carbons (Fsp3) is 0.222. The SMILES string of the molecule is Cn1nc2cc(Br)ccc2c1C(=O)N1CCCc2c(F)ccc(F)c21. The maximum atomic E-state index is 14.4. The molecule has 25 heavy (non-hydrogen) atoms. The van der Waals surface area contributed by atoms with Crippen LogP contribution in [0.25, 0.3) is 10.9 Å². The highest BCUT2D eigenvalue weighted by molar-refractivity contribution is 9.10. The molecule has 0 radical (unpaired) electrons. The number of hydrogen-bond donors (Lipinski definition) is 0. The molecule has 0 aliphatic carbocycles. The lowest BCUT2D eigenvalue weighted by Gasteiger charge is -2.30. The van der Waals surface area contributed by atoms with E-state index in [1.807, 2.05) is 12.1 Å². The minimum Gasteiger partial charge on any atom is -0.304 e. The van der Waals surface area contributed by atoms with Gasteiger partial charge in [0.1, 0.15) is 17.3 Å². The molecule has 0 unspecified atom stereocenters. The first-order valence-corrected chi connectivity index (χ1v) is 8.67. The van der Waals surface area contributed by atoms with Crippen LogP contribution in [0.3, 0.4) is 0 Å². The van der Waals surface area contributed by atoms with Crippen molar-refractivity contribution in [2.24, 2.45) is 7.05 Å². The molecule has 1 aliphatic rings. The van der Waals surface area contributed by atoms with E-state index in [9.17, 15) is 13.6 Å². The Morgan fingerprint density at radius 3 is 2.76 bits per heavy atom. The van der Waals surface area contributed by atoms with Crippen LogP contribution in [0.5, 0.6) is 0 Å². The summed E-state index contributed by atoms with van der Waals surface area (Å²) in [5.41, 5.74) is 1.33. The van der Waals surface area contributed by atoms with Gasteiger partial charge in [-0.05, 0) is 43.2 Å². The van der Waals surface area contributed by atoms with E-state index in [-0.39, 0.29) is 17.2 Å². The first kappa shape index (κ1) is 16.2. The molecule has 2 aromatic carbocycles. The molecule has 0 atom stereocenters. The standard InChI is InChI=1S/C18H14BrF2N3O/c1-23-17(12-5-4-10(19)9-15(12)22-23)18(25)24-8-2-3-11-13(20)6-7-14(21)16(11)24/h4-7,9H,2-3,8H2,1H3. The largest absolute Gasteiger partial charge is 0.304 e. The van der Waals surface area contributed by atoms with Gasteiger partial charge in [-0.2, -0.15) is 5.10 Å². The molecule has 1 amide bonds. The number of aromatic nitrogens is 2.